The van der Waals surface area contributed by atoms with Gasteiger partial charge in [-0.25, -0.2) is 4.98 Å². The van der Waals surface area contributed by atoms with E-state index in [2.05, 4.69) is 15.3 Å². The van der Waals surface area contributed by atoms with Gasteiger partial charge in [0.2, 0.25) is 0 Å². The summed E-state index contributed by atoms with van der Waals surface area (Å²) in [6, 6.07) is 2.55. The SMILES string of the molecule is Cn1ccnc1C(NOCC(F)(F)F)c1ccco1. The second kappa shape index (κ2) is 5.45. The number of aryl methyl sites for hydroxylation is 1. The van der Waals surface area contributed by atoms with Crippen LogP contribution in [0.15, 0.2) is 35.2 Å². The molecular formula is C11H12F3N3O2. The van der Waals surface area contributed by atoms with E-state index in [0.29, 0.717) is 11.6 Å². The maximum atomic E-state index is 12.1. The first-order chi connectivity index (χ1) is 8.97. The van der Waals surface area contributed by atoms with Crippen molar-refractivity contribution in [3.05, 3.63) is 42.4 Å². The summed E-state index contributed by atoms with van der Waals surface area (Å²) in [7, 11) is 1.73. The summed E-state index contributed by atoms with van der Waals surface area (Å²) in [5, 5.41) is 0. The molecule has 0 bridgehead atoms. The first-order valence-corrected chi connectivity index (χ1v) is 5.42. The molecule has 8 heteroatoms. The van der Waals surface area contributed by atoms with Crippen LogP contribution in [-0.2, 0) is 11.9 Å². The fourth-order valence-corrected chi connectivity index (χ4v) is 1.56. The molecule has 0 saturated carbocycles. The van der Waals surface area contributed by atoms with Crippen LogP contribution in [-0.4, -0.2) is 22.3 Å². The molecule has 0 saturated heterocycles. The zero-order valence-corrected chi connectivity index (χ0v) is 10.0. The normalized spacial score (nSPS) is 13.7. The van der Waals surface area contributed by atoms with Gasteiger partial charge in [0.25, 0.3) is 0 Å². The van der Waals surface area contributed by atoms with Crippen molar-refractivity contribution in [1.82, 2.24) is 15.0 Å². The molecule has 19 heavy (non-hydrogen) atoms. The second-order valence-electron chi connectivity index (χ2n) is 3.87. The number of imidazole rings is 1. The van der Waals surface area contributed by atoms with Crippen molar-refractivity contribution in [3.63, 3.8) is 0 Å². The van der Waals surface area contributed by atoms with Gasteiger partial charge in [-0.05, 0) is 12.1 Å². The number of hydrogen-bond donors (Lipinski definition) is 1. The van der Waals surface area contributed by atoms with E-state index in [-0.39, 0.29) is 0 Å². The Morgan fingerprint density at radius 1 is 1.53 bits per heavy atom. The molecule has 0 aliphatic rings. The Morgan fingerprint density at radius 2 is 2.32 bits per heavy atom. The van der Waals surface area contributed by atoms with Gasteiger partial charge in [-0.2, -0.15) is 18.7 Å². The number of alkyl halides is 3. The number of aromatic nitrogens is 2. The minimum Gasteiger partial charge on any atom is -0.467 e. The van der Waals surface area contributed by atoms with Gasteiger partial charge in [-0.15, -0.1) is 0 Å². The number of nitrogens with one attached hydrogen (secondary N) is 1. The van der Waals surface area contributed by atoms with E-state index < -0.39 is 18.8 Å². The molecule has 2 aromatic heterocycles. The highest BCUT2D eigenvalue weighted by molar-refractivity contribution is 5.14. The summed E-state index contributed by atoms with van der Waals surface area (Å²) in [5.74, 6) is 0.897. The molecule has 0 aliphatic carbocycles. The van der Waals surface area contributed by atoms with Crippen LogP contribution >= 0.6 is 0 Å². The van der Waals surface area contributed by atoms with Gasteiger partial charge in [0, 0.05) is 19.4 Å². The van der Waals surface area contributed by atoms with Gasteiger partial charge >= 0.3 is 6.18 Å². The zero-order chi connectivity index (χ0) is 13.9. The van der Waals surface area contributed by atoms with Crippen LogP contribution in [0.2, 0.25) is 0 Å². The number of halogens is 3. The van der Waals surface area contributed by atoms with Gasteiger partial charge in [-0.3, -0.25) is 4.84 Å². The summed E-state index contributed by atoms with van der Waals surface area (Å²) in [4.78, 5) is 8.54. The van der Waals surface area contributed by atoms with Crippen molar-refractivity contribution >= 4 is 0 Å². The zero-order valence-electron chi connectivity index (χ0n) is 10.0. The van der Waals surface area contributed by atoms with Crippen molar-refractivity contribution in [2.24, 2.45) is 7.05 Å². The molecule has 2 rings (SSSR count). The highest BCUT2D eigenvalue weighted by atomic mass is 19.4. The van der Waals surface area contributed by atoms with E-state index in [9.17, 15) is 13.2 Å². The van der Waals surface area contributed by atoms with Crippen molar-refractivity contribution in [2.45, 2.75) is 12.2 Å². The molecule has 0 aromatic carbocycles. The summed E-state index contributed by atoms with van der Waals surface area (Å²) in [5.41, 5.74) is 2.32. The van der Waals surface area contributed by atoms with E-state index in [0.717, 1.165) is 0 Å². The van der Waals surface area contributed by atoms with Crippen LogP contribution in [0.4, 0.5) is 13.2 Å². The molecule has 0 aliphatic heterocycles. The number of rotatable bonds is 5. The van der Waals surface area contributed by atoms with E-state index in [4.69, 9.17) is 4.42 Å². The van der Waals surface area contributed by atoms with Gasteiger partial charge < -0.3 is 8.98 Å². The van der Waals surface area contributed by atoms with Crippen molar-refractivity contribution in [2.75, 3.05) is 6.61 Å². The Morgan fingerprint density at radius 3 is 2.84 bits per heavy atom. The Labute approximate surface area is 106 Å². The third-order valence-electron chi connectivity index (χ3n) is 2.38. The predicted octanol–water partition coefficient (Wildman–Crippen LogP) is 2.19. The molecule has 0 amide bonds. The number of hydroxylamine groups is 1. The van der Waals surface area contributed by atoms with Gasteiger partial charge in [0.15, 0.2) is 6.61 Å². The summed E-state index contributed by atoms with van der Waals surface area (Å²) in [6.45, 7) is -1.39. The topological polar surface area (TPSA) is 52.2 Å². The summed E-state index contributed by atoms with van der Waals surface area (Å²) >= 11 is 0. The molecule has 0 radical (unpaired) electrons. The quantitative estimate of drug-likeness (QED) is 0.850. The highest BCUT2D eigenvalue weighted by Gasteiger charge is 2.29. The van der Waals surface area contributed by atoms with Crippen LogP contribution in [0.1, 0.15) is 17.6 Å². The minimum atomic E-state index is -4.40. The van der Waals surface area contributed by atoms with Crippen molar-refractivity contribution in [3.8, 4) is 0 Å². The van der Waals surface area contributed by atoms with Crippen LogP contribution in [0, 0.1) is 0 Å². The van der Waals surface area contributed by atoms with E-state index in [1.165, 1.54) is 12.5 Å². The van der Waals surface area contributed by atoms with E-state index in [1.54, 1.807) is 29.9 Å². The van der Waals surface area contributed by atoms with Crippen molar-refractivity contribution < 1.29 is 22.4 Å². The lowest BCUT2D eigenvalue weighted by Gasteiger charge is -2.17. The maximum absolute atomic E-state index is 12.1. The van der Waals surface area contributed by atoms with Crippen LogP contribution in [0.3, 0.4) is 0 Å². The van der Waals surface area contributed by atoms with Gasteiger partial charge in [0.1, 0.15) is 17.6 Å². The summed E-state index contributed by atoms with van der Waals surface area (Å²) < 4.78 is 43.0. The molecule has 1 N–H and O–H groups in total. The largest absolute Gasteiger partial charge is 0.467 e. The number of nitrogens with zero attached hydrogens (tertiary/aromatic N) is 2. The smallest absolute Gasteiger partial charge is 0.413 e. The molecule has 0 fully saturated rings. The van der Waals surface area contributed by atoms with Crippen LogP contribution < -0.4 is 5.48 Å². The minimum absolute atomic E-state index is 0.413. The van der Waals surface area contributed by atoms with E-state index >= 15 is 0 Å². The molecule has 104 valence electrons. The highest BCUT2D eigenvalue weighted by Crippen LogP contribution is 2.21. The summed E-state index contributed by atoms with van der Waals surface area (Å²) in [6.07, 6.45) is 0.243. The third-order valence-corrected chi connectivity index (χ3v) is 2.38. The molecular weight excluding hydrogens is 263 g/mol. The van der Waals surface area contributed by atoms with Crippen LogP contribution in [0.25, 0.3) is 0 Å². The molecule has 5 nitrogen and oxygen atoms in total. The Bertz CT molecular complexity index is 507. The fourth-order valence-electron chi connectivity index (χ4n) is 1.56. The standard InChI is InChI=1S/C11H12F3N3O2/c1-17-5-4-15-10(17)9(8-3-2-6-18-8)16-19-7-11(12,13)14/h2-6,9,16H,7H2,1H3. The first kappa shape index (κ1) is 13.6. The van der Waals surface area contributed by atoms with Crippen LogP contribution in [0.5, 0.6) is 0 Å². The monoisotopic (exact) mass is 275 g/mol. The molecule has 2 heterocycles. The Hall–Kier alpha value is -1.80. The lowest BCUT2D eigenvalue weighted by atomic mass is 10.2. The fraction of sp³-hybridized carbons (Fsp3) is 0.364. The molecule has 1 unspecified atom stereocenters. The molecule has 2 aromatic rings. The lowest BCUT2D eigenvalue weighted by molar-refractivity contribution is -0.192. The van der Waals surface area contributed by atoms with E-state index in [1.807, 2.05) is 0 Å². The number of furan rings is 1. The molecule has 0 spiro atoms. The van der Waals surface area contributed by atoms with Gasteiger partial charge in [0.05, 0.1) is 6.26 Å². The average Bonchev–Trinajstić information content (AvgIpc) is 2.94. The predicted molar refractivity (Wildman–Crippen MR) is 58.9 cm³/mol. The lowest BCUT2D eigenvalue weighted by Crippen LogP contribution is -2.29. The Balaban J connectivity index is 2.11. The second-order valence-corrected chi connectivity index (χ2v) is 3.87. The first-order valence-electron chi connectivity index (χ1n) is 5.42. The van der Waals surface area contributed by atoms with Gasteiger partial charge in [-0.1, -0.05) is 0 Å². The number of hydrogen-bond acceptors (Lipinski definition) is 4. The Kier molecular flexibility index (Phi) is 3.91. The third kappa shape index (κ3) is 3.58. The maximum Gasteiger partial charge on any atom is 0.413 e. The molecule has 1 atom stereocenters. The average molecular weight is 275 g/mol. The van der Waals surface area contributed by atoms with Crippen molar-refractivity contribution in [1.29, 1.82) is 0 Å².